The molecule has 1 heterocycles. The molecule has 0 spiro atoms. The SMILES string of the molecule is CC(=O)N=Nc1cccc2c(S(=O)(=O)Nc3cc(C)c(-c4ccc5c(c4)CCCO5)c(C(OC(C)(C)C)C(=O)O)c3C)cccc12. The zero-order valence-corrected chi connectivity index (χ0v) is 27.5. The standard InChI is InChI=1S/C35H37N3O7S/c1-20-18-28(38-46(42,43)30-14-8-11-25-26(30)12-7-13-27(25)37-36-22(3)39)21(2)32(33(34(40)41)45-35(4,5)6)31(20)24-15-16-29-23(19-24)10-9-17-44-29/h7-8,11-16,18-19,33,38H,9-10,17H2,1-6H3,(H,40,41). The fourth-order valence-corrected chi connectivity index (χ4v) is 7.11. The number of carbonyl (C=O) groups is 2. The van der Waals surface area contributed by atoms with Crippen LogP contribution in [0.5, 0.6) is 5.75 Å². The Morgan fingerprint density at radius 1 is 1.02 bits per heavy atom. The quantitative estimate of drug-likeness (QED) is 0.186. The van der Waals surface area contributed by atoms with Crippen molar-refractivity contribution in [3.05, 3.63) is 82.9 Å². The molecule has 1 unspecified atom stereocenters. The Hall–Kier alpha value is -4.61. The van der Waals surface area contributed by atoms with E-state index in [1.54, 1.807) is 64.1 Å². The first kappa shape index (κ1) is 32.8. The number of fused-ring (bicyclic) bond motifs is 2. The Labute approximate surface area is 268 Å². The third-order valence-corrected chi connectivity index (χ3v) is 9.10. The van der Waals surface area contributed by atoms with Gasteiger partial charge in [-0.05, 0) is 106 Å². The second kappa shape index (κ2) is 12.6. The lowest BCUT2D eigenvalue weighted by Crippen LogP contribution is -2.28. The number of aliphatic carboxylic acids is 1. The second-order valence-corrected chi connectivity index (χ2v) is 14.0. The monoisotopic (exact) mass is 643 g/mol. The van der Waals surface area contributed by atoms with E-state index in [1.807, 2.05) is 25.1 Å². The second-order valence-electron chi connectivity index (χ2n) is 12.3. The van der Waals surface area contributed by atoms with E-state index in [1.165, 1.54) is 13.0 Å². The Morgan fingerprint density at radius 3 is 2.43 bits per heavy atom. The molecule has 1 amide bonds. The van der Waals surface area contributed by atoms with E-state index in [4.69, 9.17) is 9.47 Å². The number of aryl methyl sites for hydroxylation is 2. The summed E-state index contributed by atoms with van der Waals surface area (Å²) < 4.78 is 42.7. The van der Waals surface area contributed by atoms with Gasteiger partial charge in [0.1, 0.15) is 5.75 Å². The first-order valence-corrected chi connectivity index (χ1v) is 16.4. The van der Waals surface area contributed by atoms with Gasteiger partial charge in [-0.25, -0.2) is 13.2 Å². The number of amides is 1. The number of rotatable bonds is 8. The summed E-state index contributed by atoms with van der Waals surface area (Å²) in [6.07, 6.45) is 0.317. The topological polar surface area (TPSA) is 144 Å². The van der Waals surface area contributed by atoms with Crippen LogP contribution in [-0.4, -0.2) is 37.6 Å². The van der Waals surface area contributed by atoms with E-state index in [-0.39, 0.29) is 10.6 Å². The average Bonchev–Trinajstić information content (AvgIpc) is 2.99. The van der Waals surface area contributed by atoms with Crippen LogP contribution in [0.1, 0.15) is 62.5 Å². The minimum Gasteiger partial charge on any atom is -0.493 e. The van der Waals surface area contributed by atoms with Crippen molar-refractivity contribution in [2.24, 2.45) is 10.2 Å². The normalized spacial score (nSPS) is 14.1. The molecular weight excluding hydrogens is 606 g/mol. The van der Waals surface area contributed by atoms with E-state index in [0.717, 1.165) is 29.7 Å². The predicted molar refractivity (Wildman–Crippen MR) is 176 cm³/mol. The Kier molecular flexibility index (Phi) is 9.01. The number of nitrogens with zero attached hydrogens (tertiary/aromatic N) is 2. The van der Waals surface area contributed by atoms with Crippen LogP contribution in [0.15, 0.2) is 75.8 Å². The van der Waals surface area contributed by atoms with Crippen LogP contribution in [0.25, 0.3) is 21.9 Å². The molecule has 11 heteroatoms. The summed E-state index contributed by atoms with van der Waals surface area (Å²) in [7, 11) is -4.21. The lowest BCUT2D eigenvalue weighted by Gasteiger charge is -2.30. The highest BCUT2D eigenvalue weighted by molar-refractivity contribution is 7.93. The summed E-state index contributed by atoms with van der Waals surface area (Å²) in [6.45, 7) is 10.8. The third-order valence-electron chi connectivity index (χ3n) is 7.68. The largest absolute Gasteiger partial charge is 0.493 e. The summed E-state index contributed by atoms with van der Waals surface area (Å²) in [5.41, 5.74) is 3.69. The molecule has 0 fully saturated rings. The molecule has 0 bridgehead atoms. The molecule has 10 nitrogen and oxygen atoms in total. The van der Waals surface area contributed by atoms with E-state index in [9.17, 15) is 23.1 Å². The highest BCUT2D eigenvalue weighted by Gasteiger charge is 2.33. The summed E-state index contributed by atoms with van der Waals surface area (Å²) >= 11 is 0. The first-order chi connectivity index (χ1) is 21.7. The fourth-order valence-electron chi connectivity index (χ4n) is 5.77. The summed E-state index contributed by atoms with van der Waals surface area (Å²) in [5.74, 6) is -0.871. The number of carboxylic acid groups (broad SMARTS) is 1. The molecule has 2 N–H and O–H groups in total. The van der Waals surface area contributed by atoms with E-state index >= 15 is 0 Å². The van der Waals surface area contributed by atoms with Crippen LogP contribution in [-0.2, 0) is 30.8 Å². The number of ether oxygens (including phenoxy) is 2. The van der Waals surface area contributed by atoms with Crippen molar-refractivity contribution in [2.45, 2.75) is 71.0 Å². The molecule has 0 radical (unpaired) electrons. The molecular formula is C35H37N3O7S. The molecule has 240 valence electrons. The lowest BCUT2D eigenvalue weighted by molar-refractivity contribution is -0.160. The van der Waals surface area contributed by atoms with Gasteiger partial charge < -0.3 is 14.6 Å². The lowest BCUT2D eigenvalue weighted by atomic mass is 9.86. The van der Waals surface area contributed by atoms with Gasteiger partial charge in [-0.2, -0.15) is 0 Å². The fraction of sp³-hybridized carbons (Fsp3) is 0.314. The van der Waals surface area contributed by atoms with Crippen molar-refractivity contribution in [1.29, 1.82) is 0 Å². The zero-order valence-electron chi connectivity index (χ0n) is 26.7. The van der Waals surface area contributed by atoms with Gasteiger partial charge in [0, 0.05) is 23.3 Å². The smallest absolute Gasteiger partial charge is 0.337 e. The van der Waals surface area contributed by atoms with Crippen molar-refractivity contribution < 1.29 is 32.6 Å². The average molecular weight is 644 g/mol. The van der Waals surface area contributed by atoms with E-state index in [0.29, 0.717) is 45.3 Å². The van der Waals surface area contributed by atoms with E-state index < -0.39 is 33.6 Å². The molecule has 46 heavy (non-hydrogen) atoms. The summed E-state index contributed by atoms with van der Waals surface area (Å²) in [6, 6.07) is 17.2. The molecule has 4 aromatic carbocycles. The van der Waals surface area contributed by atoms with Crippen molar-refractivity contribution in [2.75, 3.05) is 11.3 Å². The van der Waals surface area contributed by atoms with E-state index in [2.05, 4.69) is 15.0 Å². The van der Waals surface area contributed by atoms with Crippen molar-refractivity contribution in [3.63, 3.8) is 0 Å². The van der Waals surface area contributed by atoms with Gasteiger partial charge in [0.2, 0.25) is 0 Å². The van der Waals surface area contributed by atoms with Gasteiger partial charge in [0.05, 0.1) is 28.5 Å². The number of anilines is 1. The maximum absolute atomic E-state index is 14.0. The number of azo groups is 1. The Balaban J connectivity index is 1.68. The molecule has 1 aliphatic heterocycles. The number of carboxylic acids is 1. The van der Waals surface area contributed by atoms with Crippen LogP contribution in [0.3, 0.4) is 0 Å². The Bertz CT molecular complexity index is 2000. The number of hydrogen-bond donors (Lipinski definition) is 2. The number of benzene rings is 4. The number of nitrogens with one attached hydrogen (secondary N) is 1. The third kappa shape index (κ3) is 6.80. The van der Waals surface area contributed by atoms with Crippen LogP contribution in [0.4, 0.5) is 11.4 Å². The van der Waals surface area contributed by atoms with Crippen LogP contribution in [0, 0.1) is 13.8 Å². The maximum atomic E-state index is 14.0. The summed E-state index contributed by atoms with van der Waals surface area (Å²) in [5, 5.41) is 19.0. The van der Waals surface area contributed by atoms with Crippen molar-refractivity contribution >= 4 is 44.0 Å². The molecule has 0 saturated carbocycles. The van der Waals surface area contributed by atoms with Gasteiger partial charge in [-0.3, -0.25) is 9.52 Å². The van der Waals surface area contributed by atoms with Gasteiger partial charge in [0.25, 0.3) is 15.9 Å². The molecule has 1 aliphatic rings. The zero-order chi connectivity index (χ0) is 33.4. The van der Waals surface area contributed by atoms with Crippen molar-refractivity contribution in [3.8, 4) is 16.9 Å². The number of carbonyl (C=O) groups excluding carboxylic acids is 1. The Morgan fingerprint density at radius 2 is 1.74 bits per heavy atom. The van der Waals surface area contributed by atoms with Gasteiger partial charge >= 0.3 is 5.97 Å². The predicted octanol–water partition coefficient (Wildman–Crippen LogP) is 7.82. The first-order valence-electron chi connectivity index (χ1n) is 14.9. The van der Waals surface area contributed by atoms with Gasteiger partial charge in [0.15, 0.2) is 6.10 Å². The van der Waals surface area contributed by atoms with Crippen LogP contribution >= 0.6 is 0 Å². The highest BCUT2D eigenvalue weighted by atomic mass is 32.2. The summed E-state index contributed by atoms with van der Waals surface area (Å²) in [4.78, 5) is 24.2. The minimum atomic E-state index is -4.21. The molecule has 0 aliphatic carbocycles. The van der Waals surface area contributed by atoms with Crippen molar-refractivity contribution in [1.82, 2.24) is 0 Å². The van der Waals surface area contributed by atoms with Gasteiger partial charge in [-0.15, -0.1) is 10.2 Å². The molecule has 0 aromatic heterocycles. The molecule has 1 atom stereocenters. The number of sulfonamides is 1. The molecule has 4 aromatic rings. The molecule has 0 saturated heterocycles. The highest BCUT2D eigenvalue weighted by Crippen LogP contribution is 2.43. The molecule has 5 rings (SSSR count). The maximum Gasteiger partial charge on any atom is 0.337 e. The van der Waals surface area contributed by atoms with Crippen LogP contribution in [0.2, 0.25) is 0 Å². The van der Waals surface area contributed by atoms with Crippen LogP contribution < -0.4 is 9.46 Å². The number of hydrogen-bond acceptors (Lipinski definition) is 7. The minimum absolute atomic E-state index is 0.0111. The van der Waals surface area contributed by atoms with Gasteiger partial charge in [-0.1, -0.05) is 30.3 Å².